The molecule has 1 aromatic rings. The van der Waals surface area contributed by atoms with Crippen molar-refractivity contribution in [3.8, 4) is 5.75 Å². The largest absolute Gasteiger partial charge is 0.494 e. The molecule has 1 saturated heterocycles. The number of benzene rings is 1. The molecule has 1 unspecified atom stereocenters. The molecule has 1 amide bonds. The van der Waals surface area contributed by atoms with Crippen molar-refractivity contribution >= 4 is 5.91 Å². The number of ether oxygens (including phenoxy) is 1. The van der Waals surface area contributed by atoms with Gasteiger partial charge in [-0.25, -0.2) is 0 Å². The molecule has 1 fully saturated rings. The predicted octanol–water partition coefficient (Wildman–Crippen LogP) is 3.25. The van der Waals surface area contributed by atoms with Gasteiger partial charge in [0, 0.05) is 18.7 Å². The fraction of sp³-hybridized carbons (Fsp3) is 0.650. The van der Waals surface area contributed by atoms with Crippen LogP contribution >= 0.6 is 0 Å². The van der Waals surface area contributed by atoms with Crippen LogP contribution in [0.15, 0.2) is 18.2 Å². The van der Waals surface area contributed by atoms with Crippen molar-refractivity contribution in [2.24, 2.45) is 5.92 Å². The summed E-state index contributed by atoms with van der Waals surface area (Å²) in [6.07, 6.45) is 6.99. The van der Waals surface area contributed by atoms with Crippen molar-refractivity contribution in [1.29, 1.82) is 0 Å². The Labute approximate surface area is 145 Å². The average molecular weight is 330 g/mol. The van der Waals surface area contributed by atoms with Crippen LogP contribution < -0.4 is 10.1 Å². The standard InChI is InChI=1S/C20H30N2O2/c1-2-22-12-4-8-17-14-18(9-10-19(17)20(22)23)24-13-5-7-16-6-3-11-21-15-16/h9-10,14,16,21H,2-8,11-13,15H2,1H3. The van der Waals surface area contributed by atoms with Crippen LogP contribution in [0.1, 0.15) is 54.9 Å². The first-order valence-corrected chi connectivity index (χ1v) is 9.53. The first-order valence-electron chi connectivity index (χ1n) is 9.53. The zero-order valence-corrected chi connectivity index (χ0v) is 14.9. The monoisotopic (exact) mass is 330 g/mol. The summed E-state index contributed by atoms with van der Waals surface area (Å²) in [5.41, 5.74) is 2.00. The molecule has 0 radical (unpaired) electrons. The number of piperidine rings is 1. The summed E-state index contributed by atoms with van der Waals surface area (Å²) in [5.74, 6) is 1.89. The van der Waals surface area contributed by atoms with Gasteiger partial charge < -0.3 is 15.0 Å². The molecule has 0 aliphatic carbocycles. The first-order chi connectivity index (χ1) is 11.8. The van der Waals surface area contributed by atoms with Crippen LogP contribution in [0.2, 0.25) is 0 Å². The van der Waals surface area contributed by atoms with Gasteiger partial charge in [-0.15, -0.1) is 0 Å². The quantitative estimate of drug-likeness (QED) is 0.814. The van der Waals surface area contributed by atoms with Crippen LogP contribution in [0.5, 0.6) is 5.75 Å². The molecule has 0 saturated carbocycles. The predicted molar refractivity (Wildman–Crippen MR) is 96.7 cm³/mol. The summed E-state index contributed by atoms with van der Waals surface area (Å²) < 4.78 is 5.95. The zero-order valence-electron chi connectivity index (χ0n) is 14.9. The molecular weight excluding hydrogens is 300 g/mol. The summed E-state index contributed by atoms with van der Waals surface area (Å²) in [7, 11) is 0. The van der Waals surface area contributed by atoms with Crippen LogP contribution in [0, 0.1) is 5.92 Å². The second kappa shape index (κ2) is 8.52. The van der Waals surface area contributed by atoms with E-state index in [0.29, 0.717) is 0 Å². The third-order valence-corrected chi connectivity index (χ3v) is 5.27. The van der Waals surface area contributed by atoms with E-state index in [4.69, 9.17) is 4.74 Å². The lowest BCUT2D eigenvalue weighted by Crippen LogP contribution is -2.30. The Morgan fingerprint density at radius 3 is 3.04 bits per heavy atom. The molecule has 24 heavy (non-hydrogen) atoms. The Kier molecular flexibility index (Phi) is 6.13. The first kappa shape index (κ1) is 17.3. The molecule has 3 rings (SSSR count). The molecular formula is C20H30N2O2. The SMILES string of the molecule is CCN1CCCc2cc(OCCCC3CCCNC3)ccc2C1=O. The average Bonchev–Trinajstić information content (AvgIpc) is 2.78. The van der Waals surface area contributed by atoms with Crippen LogP contribution in [-0.2, 0) is 6.42 Å². The van der Waals surface area contributed by atoms with Crippen molar-refractivity contribution in [2.45, 2.75) is 45.4 Å². The molecule has 1 aromatic carbocycles. The number of hydrogen-bond acceptors (Lipinski definition) is 3. The van der Waals surface area contributed by atoms with Crippen LogP contribution in [0.25, 0.3) is 0 Å². The number of nitrogens with zero attached hydrogens (tertiary/aromatic N) is 1. The molecule has 0 bridgehead atoms. The summed E-state index contributed by atoms with van der Waals surface area (Å²) >= 11 is 0. The van der Waals surface area contributed by atoms with Crippen molar-refractivity contribution in [2.75, 3.05) is 32.8 Å². The lowest BCUT2D eigenvalue weighted by molar-refractivity contribution is 0.0770. The van der Waals surface area contributed by atoms with Crippen LogP contribution in [0.4, 0.5) is 0 Å². The van der Waals surface area contributed by atoms with Gasteiger partial charge in [0.05, 0.1) is 6.61 Å². The van der Waals surface area contributed by atoms with E-state index in [1.54, 1.807) is 0 Å². The van der Waals surface area contributed by atoms with Crippen molar-refractivity contribution in [1.82, 2.24) is 10.2 Å². The number of carbonyl (C=O) groups is 1. The highest BCUT2D eigenvalue weighted by Crippen LogP contribution is 2.24. The van der Waals surface area contributed by atoms with E-state index < -0.39 is 0 Å². The summed E-state index contributed by atoms with van der Waals surface area (Å²) in [5, 5.41) is 3.47. The zero-order chi connectivity index (χ0) is 16.8. The number of rotatable bonds is 6. The van der Waals surface area contributed by atoms with Crippen LogP contribution in [0.3, 0.4) is 0 Å². The van der Waals surface area contributed by atoms with Gasteiger partial charge in [0.1, 0.15) is 5.75 Å². The molecule has 4 nitrogen and oxygen atoms in total. The van der Waals surface area contributed by atoms with E-state index in [1.807, 2.05) is 24.0 Å². The van der Waals surface area contributed by atoms with E-state index in [9.17, 15) is 4.79 Å². The summed E-state index contributed by atoms with van der Waals surface area (Å²) in [6, 6.07) is 5.98. The van der Waals surface area contributed by atoms with Gasteiger partial charge in [0.15, 0.2) is 0 Å². The highest BCUT2D eigenvalue weighted by atomic mass is 16.5. The van der Waals surface area contributed by atoms with Gasteiger partial charge in [-0.05, 0) is 88.2 Å². The second-order valence-corrected chi connectivity index (χ2v) is 7.01. The number of hydrogen-bond donors (Lipinski definition) is 1. The smallest absolute Gasteiger partial charge is 0.254 e. The third-order valence-electron chi connectivity index (χ3n) is 5.27. The normalized spacial score (nSPS) is 21.3. The third kappa shape index (κ3) is 4.29. The minimum Gasteiger partial charge on any atom is -0.494 e. The highest BCUT2D eigenvalue weighted by molar-refractivity contribution is 5.96. The van der Waals surface area contributed by atoms with Gasteiger partial charge in [0.25, 0.3) is 5.91 Å². The minimum atomic E-state index is 0.168. The number of amides is 1. The molecule has 1 N–H and O–H groups in total. The fourth-order valence-electron chi connectivity index (χ4n) is 3.84. The Bertz CT molecular complexity index is 553. The van der Waals surface area contributed by atoms with Gasteiger partial charge in [-0.2, -0.15) is 0 Å². The lowest BCUT2D eigenvalue weighted by atomic mass is 9.95. The summed E-state index contributed by atoms with van der Waals surface area (Å²) in [4.78, 5) is 14.4. The Morgan fingerprint density at radius 2 is 2.25 bits per heavy atom. The maximum Gasteiger partial charge on any atom is 0.254 e. The molecule has 2 aliphatic rings. The maximum absolute atomic E-state index is 12.5. The molecule has 2 aliphatic heterocycles. The number of nitrogens with one attached hydrogen (secondary N) is 1. The maximum atomic E-state index is 12.5. The van der Waals surface area contributed by atoms with E-state index in [2.05, 4.69) is 11.4 Å². The van der Waals surface area contributed by atoms with Crippen molar-refractivity contribution in [3.63, 3.8) is 0 Å². The van der Waals surface area contributed by atoms with Gasteiger partial charge in [-0.3, -0.25) is 4.79 Å². The van der Waals surface area contributed by atoms with E-state index in [-0.39, 0.29) is 5.91 Å². The lowest BCUT2D eigenvalue weighted by Gasteiger charge is -2.22. The number of fused-ring (bicyclic) bond motifs is 1. The molecule has 2 heterocycles. The van der Waals surface area contributed by atoms with Crippen molar-refractivity contribution < 1.29 is 9.53 Å². The van der Waals surface area contributed by atoms with Crippen molar-refractivity contribution in [3.05, 3.63) is 29.3 Å². The Balaban J connectivity index is 1.52. The Hall–Kier alpha value is -1.55. The topological polar surface area (TPSA) is 41.6 Å². The Morgan fingerprint density at radius 1 is 1.33 bits per heavy atom. The molecule has 4 heteroatoms. The molecule has 0 aromatic heterocycles. The fourth-order valence-corrected chi connectivity index (χ4v) is 3.84. The van der Waals surface area contributed by atoms with Gasteiger partial charge >= 0.3 is 0 Å². The molecule has 132 valence electrons. The summed E-state index contributed by atoms with van der Waals surface area (Å²) in [6.45, 7) is 6.79. The highest BCUT2D eigenvalue weighted by Gasteiger charge is 2.21. The van der Waals surface area contributed by atoms with E-state index in [1.165, 1.54) is 25.8 Å². The molecule has 1 atom stereocenters. The minimum absolute atomic E-state index is 0.168. The number of carbonyl (C=O) groups excluding carboxylic acids is 1. The second-order valence-electron chi connectivity index (χ2n) is 7.01. The van der Waals surface area contributed by atoms with Gasteiger partial charge in [0.2, 0.25) is 0 Å². The van der Waals surface area contributed by atoms with Crippen LogP contribution in [-0.4, -0.2) is 43.6 Å². The van der Waals surface area contributed by atoms with E-state index in [0.717, 1.165) is 68.3 Å². The van der Waals surface area contributed by atoms with E-state index >= 15 is 0 Å². The molecule has 0 spiro atoms. The van der Waals surface area contributed by atoms with Gasteiger partial charge in [-0.1, -0.05) is 0 Å². The number of aryl methyl sites for hydroxylation is 1.